The molecule has 0 bridgehead atoms. The maximum atomic E-state index is 10.4. The molecule has 2 aromatic rings. The summed E-state index contributed by atoms with van der Waals surface area (Å²) in [6.07, 6.45) is 1.43. The van der Waals surface area contributed by atoms with E-state index in [2.05, 4.69) is 24.3 Å². The van der Waals surface area contributed by atoms with Crippen molar-refractivity contribution in [2.45, 2.75) is 31.8 Å². The van der Waals surface area contributed by atoms with Gasteiger partial charge in [0.05, 0.1) is 13.2 Å². The summed E-state index contributed by atoms with van der Waals surface area (Å²) in [5, 5.41) is 10.4. The van der Waals surface area contributed by atoms with Crippen LogP contribution in [0.3, 0.4) is 0 Å². The van der Waals surface area contributed by atoms with Crippen molar-refractivity contribution in [1.29, 1.82) is 0 Å². The lowest BCUT2D eigenvalue weighted by Gasteiger charge is -2.31. The number of fused-ring (bicyclic) bond motifs is 1. The third kappa shape index (κ3) is 2.32. The van der Waals surface area contributed by atoms with Gasteiger partial charge in [-0.05, 0) is 54.0 Å². The van der Waals surface area contributed by atoms with Gasteiger partial charge in [-0.25, -0.2) is 0 Å². The highest BCUT2D eigenvalue weighted by atomic mass is 16.5. The lowest BCUT2D eigenvalue weighted by atomic mass is 9.74. The van der Waals surface area contributed by atoms with E-state index in [1.807, 2.05) is 25.1 Å². The van der Waals surface area contributed by atoms with Gasteiger partial charge in [0.25, 0.3) is 0 Å². The molecule has 0 saturated heterocycles. The molecule has 104 valence electrons. The van der Waals surface area contributed by atoms with E-state index in [1.165, 1.54) is 11.1 Å². The quantitative estimate of drug-likeness (QED) is 0.914. The summed E-state index contributed by atoms with van der Waals surface area (Å²) in [5.41, 5.74) is 4.85. The zero-order chi connectivity index (χ0) is 14.1. The summed E-state index contributed by atoms with van der Waals surface area (Å²) >= 11 is 0. The number of rotatable bonds is 4. The van der Waals surface area contributed by atoms with Crippen molar-refractivity contribution in [3.05, 3.63) is 64.7 Å². The summed E-state index contributed by atoms with van der Waals surface area (Å²) in [5.74, 6) is 1.32. The molecule has 0 radical (unpaired) electrons. The number of methoxy groups -OCH3 is 1. The van der Waals surface area contributed by atoms with Crippen molar-refractivity contribution < 1.29 is 9.84 Å². The van der Waals surface area contributed by atoms with Crippen LogP contribution in [0.25, 0.3) is 0 Å². The molecule has 0 amide bonds. The molecule has 0 spiro atoms. The van der Waals surface area contributed by atoms with Gasteiger partial charge in [0.1, 0.15) is 5.75 Å². The van der Waals surface area contributed by atoms with Gasteiger partial charge in [0, 0.05) is 0 Å². The zero-order valence-corrected chi connectivity index (χ0v) is 12.0. The van der Waals surface area contributed by atoms with Crippen LogP contribution in [0.1, 0.15) is 40.7 Å². The summed E-state index contributed by atoms with van der Waals surface area (Å²) in [6, 6.07) is 14.4. The molecule has 2 heteroatoms. The van der Waals surface area contributed by atoms with Crippen LogP contribution in [0.15, 0.2) is 42.5 Å². The van der Waals surface area contributed by atoms with E-state index < -0.39 is 6.10 Å². The molecule has 2 unspecified atom stereocenters. The number of hydrogen-bond donors (Lipinski definition) is 1. The second-order valence-corrected chi connectivity index (χ2v) is 5.58. The normalized spacial score (nSPS) is 18.1. The van der Waals surface area contributed by atoms with Gasteiger partial charge >= 0.3 is 0 Å². The summed E-state index contributed by atoms with van der Waals surface area (Å²) in [4.78, 5) is 0. The first kappa shape index (κ1) is 13.2. The number of aliphatic hydroxyl groups excluding tert-OH is 1. The van der Waals surface area contributed by atoms with Crippen molar-refractivity contribution in [3.8, 4) is 5.75 Å². The van der Waals surface area contributed by atoms with Gasteiger partial charge in [-0.2, -0.15) is 0 Å². The highest BCUT2D eigenvalue weighted by Crippen LogP contribution is 2.41. The Morgan fingerprint density at radius 1 is 1.25 bits per heavy atom. The molecule has 2 atom stereocenters. The Bertz CT molecular complexity index is 619. The topological polar surface area (TPSA) is 29.5 Å². The van der Waals surface area contributed by atoms with Crippen LogP contribution < -0.4 is 4.74 Å². The van der Waals surface area contributed by atoms with Crippen LogP contribution in [0.2, 0.25) is 0 Å². The van der Waals surface area contributed by atoms with E-state index in [4.69, 9.17) is 4.74 Å². The molecule has 0 aliphatic heterocycles. The smallest absolute Gasteiger partial charge is 0.122 e. The minimum Gasteiger partial charge on any atom is -0.496 e. The van der Waals surface area contributed by atoms with E-state index in [-0.39, 0.29) is 0 Å². The fourth-order valence-electron chi connectivity index (χ4n) is 3.02. The Kier molecular flexibility index (Phi) is 3.49. The van der Waals surface area contributed by atoms with Crippen molar-refractivity contribution in [1.82, 2.24) is 0 Å². The van der Waals surface area contributed by atoms with Crippen molar-refractivity contribution in [2.24, 2.45) is 0 Å². The molecule has 2 nitrogen and oxygen atoms in total. The number of aliphatic hydroxyl groups is 1. The van der Waals surface area contributed by atoms with Crippen LogP contribution in [0.5, 0.6) is 5.75 Å². The molecule has 2 aromatic carbocycles. The molecule has 1 aliphatic rings. The first-order valence-corrected chi connectivity index (χ1v) is 7.09. The van der Waals surface area contributed by atoms with Gasteiger partial charge < -0.3 is 9.84 Å². The van der Waals surface area contributed by atoms with Gasteiger partial charge in [-0.3, -0.25) is 0 Å². The minimum atomic E-state index is -0.428. The zero-order valence-electron chi connectivity index (χ0n) is 12.0. The molecule has 3 rings (SSSR count). The molecule has 1 aliphatic carbocycles. The molecular formula is C18H20O2. The second-order valence-electron chi connectivity index (χ2n) is 5.58. The SMILES string of the molecule is COc1cc(C(O)CC2Cc3ccccc32)ccc1C. The van der Waals surface area contributed by atoms with Crippen LogP contribution >= 0.6 is 0 Å². The predicted octanol–water partition coefficient (Wildman–Crippen LogP) is 3.77. The maximum Gasteiger partial charge on any atom is 0.122 e. The first-order chi connectivity index (χ1) is 9.69. The third-order valence-corrected chi connectivity index (χ3v) is 4.29. The van der Waals surface area contributed by atoms with E-state index in [0.29, 0.717) is 5.92 Å². The molecule has 0 saturated carbocycles. The summed E-state index contributed by atoms with van der Waals surface area (Å²) < 4.78 is 5.33. The van der Waals surface area contributed by atoms with E-state index in [0.717, 1.165) is 29.7 Å². The van der Waals surface area contributed by atoms with Crippen LogP contribution in [0, 0.1) is 6.92 Å². The molecule has 0 fully saturated rings. The Morgan fingerprint density at radius 2 is 2.05 bits per heavy atom. The lowest BCUT2D eigenvalue weighted by Crippen LogP contribution is -2.19. The average Bonchev–Trinajstić information content (AvgIpc) is 2.45. The standard InChI is InChI=1S/C18H20O2/c1-12-7-8-14(11-18(12)20-2)17(19)10-15-9-13-5-3-4-6-16(13)15/h3-8,11,15,17,19H,9-10H2,1-2H3. The van der Waals surface area contributed by atoms with E-state index >= 15 is 0 Å². The molecular weight excluding hydrogens is 248 g/mol. The van der Waals surface area contributed by atoms with Gasteiger partial charge in [0.15, 0.2) is 0 Å². The third-order valence-electron chi connectivity index (χ3n) is 4.29. The molecule has 0 aromatic heterocycles. The van der Waals surface area contributed by atoms with Gasteiger partial charge in [-0.1, -0.05) is 36.4 Å². The van der Waals surface area contributed by atoms with Crippen molar-refractivity contribution in [3.63, 3.8) is 0 Å². The van der Waals surface area contributed by atoms with Gasteiger partial charge in [0.2, 0.25) is 0 Å². The number of hydrogen-bond acceptors (Lipinski definition) is 2. The fourth-order valence-corrected chi connectivity index (χ4v) is 3.02. The van der Waals surface area contributed by atoms with Crippen molar-refractivity contribution >= 4 is 0 Å². The number of benzene rings is 2. The average molecular weight is 268 g/mol. The highest BCUT2D eigenvalue weighted by Gasteiger charge is 2.28. The lowest BCUT2D eigenvalue weighted by molar-refractivity contribution is 0.153. The maximum absolute atomic E-state index is 10.4. The minimum absolute atomic E-state index is 0.428. The Morgan fingerprint density at radius 3 is 2.80 bits per heavy atom. The van der Waals surface area contributed by atoms with Crippen LogP contribution in [-0.4, -0.2) is 12.2 Å². The van der Waals surface area contributed by atoms with E-state index in [1.54, 1.807) is 7.11 Å². The largest absolute Gasteiger partial charge is 0.496 e. The molecule has 1 N–H and O–H groups in total. The Balaban J connectivity index is 1.73. The van der Waals surface area contributed by atoms with Crippen molar-refractivity contribution in [2.75, 3.05) is 7.11 Å². The van der Waals surface area contributed by atoms with Crippen LogP contribution in [-0.2, 0) is 6.42 Å². The Labute approximate surface area is 120 Å². The summed E-state index contributed by atoms with van der Waals surface area (Å²) in [6.45, 7) is 2.01. The number of ether oxygens (including phenoxy) is 1. The molecule has 0 heterocycles. The fraction of sp³-hybridized carbons (Fsp3) is 0.333. The van der Waals surface area contributed by atoms with Crippen LogP contribution in [0.4, 0.5) is 0 Å². The predicted molar refractivity (Wildman–Crippen MR) is 80.2 cm³/mol. The highest BCUT2D eigenvalue weighted by molar-refractivity contribution is 5.41. The monoisotopic (exact) mass is 268 g/mol. The number of aryl methyl sites for hydroxylation is 1. The molecule has 20 heavy (non-hydrogen) atoms. The first-order valence-electron chi connectivity index (χ1n) is 7.09. The second kappa shape index (κ2) is 5.29. The summed E-state index contributed by atoms with van der Waals surface area (Å²) in [7, 11) is 1.67. The van der Waals surface area contributed by atoms with E-state index in [9.17, 15) is 5.11 Å². The Hall–Kier alpha value is -1.80. The van der Waals surface area contributed by atoms with Gasteiger partial charge in [-0.15, -0.1) is 0 Å².